The summed E-state index contributed by atoms with van der Waals surface area (Å²) in [6.07, 6.45) is -10.3. The highest BCUT2D eigenvalue weighted by Crippen LogP contribution is 2.27. The SMILES string of the molecule is CC(=O)NC1=COC(CO)C(O)C1OC1OC(CO)C(O)C(O)C1O. The number of hydrogen-bond acceptors (Lipinski definition) is 10. The third-order valence-electron chi connectivity index (χ3n) is 4.00. The Bertz CT molecular complexity index is 498. The van der Waals surface area contributed by atoms with E-state index in [4.69, 9.17) is 14.2 Å². The molecule has 2 aliphatic heterocycles. The van der Waals surface area contributed by atoms with Gasteiger partial charge in [-0.25, -0.2) is 0 Å². The first-order valence-electron chi connectivity index (χ1n) is 7.68. The molecule has 2 aliphatic rings. The zero-order valence-electron chi connectivity index (χ0n) is 13.4. The molecule has 25 heavy (non-hydrogen) atoms. The highest BCUT2D eigenvalue weighted by atomic mass is 16.7. The maximum atomic E-state index is 11.3. The first kappa shape index (κ1) is 20.0. The minimum Gasteiger partial charge on any atom is -0.491 e. The van der Waals surface area contributed by atoms with E-state index in [1.54, 1.807) is 0 Å². The van der Waals surface area contributed by atoms with Gasteiger partial charge >= 0.3 is 0 Å². The first-order valence-corrected chi connectivity index (χ1v) is 7.68. The molecular weight excluding hydrogens is 342 g/mol. The Balaban J connectivity index is 2.19. The molecule has 1 amide bonds. The van der Waals surface area contributed by atoms with Gasteiger partial charge in [-0.15, -0.1) is 0 Å². The summed E-state index contributed by atoms with van der Waals surface area (Å²) in [5.41, 5.74) is 0.0154. The van der Waals surface area contributed by atoms with Crippen molar-refractivity contribution in [3.63, 3.8) is 0 Å². The lowest BCUT2D eigenvalue weighted by Crippen LogP contribution is -2.61. The van der Waals surface area contributed by atoms with Crippen molar-refractivity contribution in [3.05, 3.63) is 12.0 Å². The van der Waals surface area contributed by atoms with E-state index < -0.39 is 68.1 Å². The van der Waals surface area contributed by atoms with E-state index in [1.807, 2.05) is 0 Å². The normalized spacial score (nSPS) is 41.6. The van der Waals surface area contributed by atoms with E-state index in [2.05, 4.69) is 5.32 Å². The van der Waals surface area contributed by atoms with Crippen molar-refractivity contribution >= 4 is 5.91 Å². The quantitative estimate of drug-likeness (QED) is 0.253. The number of aliphatic hydroxyl groups is 6. The van der Waals surface area contributed by atoms with E-state index in [-0.39, 0.29) is 5.70 Å². The molecule has 0 saturated carbocycles. The van der Waals surface area contributed by atoms with Crippen LogP contribution >= 0.6 is 0 Å². The number of carbonyl (C=O) groups is 1. The fourth-order valence-corrected chi connectivity index (χ4v) is 2.62. The second kappa shape index (κ2) is 8.38. The van der Waals surface area contributed by atoms with Crippen LogP contribution in [0.4, 0.5) is 0 Å². The summed E-state index contributed by atoms with van der Waals surface area (Å²) in [4.78, 5) is 11.3. The summed E-state index contributed by atoms with van der Waals surface area (Å²) in [7, 11) is 0. The van der Waals surface area contributed by atoms with Gasteiger partial charge in [0.25, 0.3) is 0 Å². The largest absolute Gasteiger partial charge is 0.491 e. The molecule has 8 atom stereocenters. The van der Waals surface area contributed by atoms with E-state index >= 15 is 0 Å². The predicted octanol–water partition coefficient (Wildman–Crippen LogP) is -4.10. The van der Waals surface area contributed by atoms with E-state index in [0.29, 0.717) is 0 Å². The second-order valence-corrected chi connectivity index (χ2v) is 5.86. The number of nitrogens with one attached hydrogen (secondary N) is 1. The molecule has 2 rings (SSSR count). The predicted molar refractivity (Wildman–Crippen MR) is 78.5 cm³/mol. The van der Waals surface area contributed by atoms with Crippen LogP contribution in [0.3, 0.4) is 0 Å². The van der Waals surface area contributed by atoms with Crippen molar-refractivity contribution in [2.45, 2.75) is 55.9 Å². The Morgan fingerprint density at radius 3 is 2.28 bits per heavy atom. The van der Waals surface area contributed by atoms with Crippen LogP contribution in [0.5, 0.6) is 0 Å². The van der Waals surface area contributed by atoms with Crippen LogP contribution in [0, 0.1) is 0 Å². The molecule has 11 heteroatoms. The summed E-state index contributed by atoms with van der Waals surface area (Å²) in [6, 6.07) is 0. The Kier molecular flexibility index (Phi) is 6.71. The summed E-state index contributed by atoms with van der Waals surface area (Å²) < 4.78 is 15.8. The standard InChI is InChI=1S/C14H23NO10/c1-5(18)15-6-4-23-7(2-16)10(20)13(6)25-14-12(22)11(21)9(19)8(3-17)24-14/h4,7-14,16-17,19-22H,2-3H2,1H3,(H,15,18). The maximum absolute atomic E-state index is 11.3. The molecular formula is C14H23NO10. The molecule has 0 aliphatic carbocycles. The van der Waals surface area contributed by atoms with Gasteiger partial charge in [-0.3, -0.25) is 4.79 Å². The maximum Gasteiger partial charge on any atom is 0.221 e. The molecule has 0 radical (unpaired) electrons. The highest BCUT2D eigenvalue weighted by molar-refractivity contribution is 5.75. The van der Waals surface area contributed by atoms with Gasteiger partial charge in [0.2, 0.25) is 5.91 Å². The van der Waals surface area contributed by atoms with Crippen LogP contribution in [-0.2, 0) is 19.0 Å². The summed E-state index contributed by atoms with van der Waals surface area (Å²) in [6.45, 7) is 0.0324. The molecule has 0 bridgehead atoms. The Labute approximate surface area is 143 Å². The van der Waals surface area contributed by atoms with Crippen molar-refractivity contribution in [1.82, 2.24) is 5.32 Å². The average molecular weight is 365 g/mol. The lowest BCUT2D eigenvalue weighted by molar-refractivity contribution is -0.317. The third kappa shape index (κ3) is 4.27. The van der Waals surface area contributed by atoms with Crippen molar-refractivity contribution in [2.24, 2.45) is 0 Å². The number of carbonyl (C=O) groups excluding carboxylic acids is 1. The van der Waals surface area contributed by atoms with Gasteiger partial charge in [-0.1, -0.05) is 0 Å². The van der Waals surface area contributed by atoms with E-state index in [0.717, 1.165) is 6.26 Å². The van der Waals surface area contributed by atoms with Crippen molar-refractivity contribution in [2.75, 3.05) is 13.2 Å². The fourth-order valence-electron chi connectivity index (χ4n) is 2.62. The van der Waals surface area contributed by atoms with Crippen molar-refractivity contribution in [1.29, 1.82) is 0 Å². The van der Waals surface area contributed by atoms with Crippen LogP contribution in [0.25, 0.3) is 0 Å². The zero-order chi connectivity index (χ0) is 18.7. The van der Waals surface area contributed by atoms with Crippen LogP contribution in [0.1, 0.15) is 6.92 Å². The summed E-state index contributed by atoms with van der Waals surface area (Å²) in [5, 5.41) is 60.6. The average Bonchev–Trinajstić information content (AvgIpc) is 2.57. The monoisotopic (exact) mass is 365 g/mol. The molecule has 0 aromatic carbocycles. The number of amides is 1. The van der Waals surface area contributed by atoms with Gasteiger partial charge in [0.15, 0.2) is 6.29 Å². The molecule has 8 unspecified atom stereocenters. The topological polar surface area (TPSA) is 178 Å². The Hall–Kier alpha value is -1.31. The van der Waals surface area contributed by atoms with E-state index in [9.17, 15) is 35.4 Å². The first-order chi connectivity index (χ1) is 11.8. The molecule has 7 N–H and O–H groups in total. The van der Waals surface area contributed by atoms with Crippen LogP contribution in [0.15, 0.2) is 12.0 Å². The minimum atomic E-state index is -1.68. The number of rotatable bonds is 5. The van der Waals surface area contributed by atoms with Gasteiger partial charge in [0.05, 0.1) is 18.9 Å². The van der Waals surface area contributed by atoms with Gasteiger partial charge in [-0.2, -0.15) is 0 Å². The third-order valence-corrected chi connectivity index (χ3v) is 4.00. The lowest BCUT2D eigenvalue weighted by Gasteiger charge is -2.42. The molecule has 1 fully saturated rings. The number of ether oxygens (including phenoxy) is 3. The minimum absolute atomic E-state index is 0.0154. The second-order valence-electron chi connectivity index (χ2n) is 5.86. The summed E-state index contributed by atoms with van der Waals surface area (Å²) >= 11 is 0. The van der Waals surface area contributed by atoms with Crippen LogP contribution < -0.4 is 5.32 Å². The zero-order valence-corrected chi connectivity index (χ0v) is 13.4. The Morgan fingerprint density at radius 2 is 1.72 bits per heavy atom. The molecule has 0 spiro atoms. The number of aliphatic hydroxyl groups excluding tert-OH is 6. The van der Waals surface area contributed by atoms with Gasteiger partial charge < -0.3 is 50.2 Å². The van der Waals surface area contributed by atoms with Gasteiger partial charge in [-0.05, 0) is 0 Å². The van der Waals surface area contributed by atoms with Crippen LogP contribution in [-0.4, -0.2) is 98.8 Å². The highest BCUT2D eigenvalue weighted by Gasteiger charge is 2.47. The van der Waals surface area contributed by atoms with Crippen LogP contribution in [0.2, 0.25) is 0 Å². The van der Waals surface area contributed by atoms with E-state index in [1.165, 1.54) is 6.92 Å². The lowest BCUT2D eigenvalue weighted by atomic mass is 9.98. The van der Waals surface area contributed by atoms with Gasteiger partial charge in [0, 0.05) is 6.92 Å². The summed E-state index contributed by atoms with van der Waals surface area (Å²) in [5.74, 6) is -0.480. The molecule has 2 heterocycles. The Morgan fingerprint density at radius 1 is 1.08 bits per heavy atom. The van der Waals surface area contributed by atoms with Crippen molar-refractivity contribution in [3.8, 4) is 0 Å². The van der Waals surface area contributed by atoms with Crippen molar-refractivity contribution < 1.29 is 49.6 Å². The molecule has 11 nitrogen and oxygen atoms in total. The smallest absolute Gasteiger partial charge is 0.221 e. The molecule has 144 valence electrons. The molecule has 1 saturated heterocycles. The number of hydrogen-bond donors (Lipinski definition) is 7. The molecule has 0 aromatic heterocycles. The fraction of sp³-hybridized carbons (Fsp3) is 0.786. The van der Waals surface area contributed by atoms with Gasteiger partial charge in [0.1, 0.15) is 49.0 Å². The molecule has 0 aromatic rings.